The summed E-state index contributed by atoms with van der Waals surface area (Å²) < 4.78 is 5.77. The van der Waals surface area contributed by atoms with Crippen molar-refractivity contribution in [2.45, 2.75) is 32.1 Å². The quantitative estimate of drug-likeness (QED) is 0.554. The number of amides is 2. The van der Waals surface area contributed by atoms with Gasteiger partial charge in [-0.15, -0.1) is 0 Å². The van der Waals surface area contributed by atoms with Gasteiger partial charge in [-0.2, -0.15) is 0 Å². The molecule has 154 valence electrons. The fraction of sp³-hybridized carbons (Fsp3) is 0.280. The number of nitrogens with one attached hydrogen (secondary N) is 2. The van der Waals surface area contributed by atoms with Crippen LogP contribution in [0.2, 0.25) is 0 Å². The van der Waals surface area contributed by atoms with Crippen molar-refractivity contribution in [3.05, 3.63) is 71.8 Å². The van der Waals surface area contributed by atoms with E-state index in [1.54, 1.807) is 0 Å². The topological polar surface area (TPSA) is 67.4 Å². The standard InChI is InChI=1S/C25H26N2O3/c28-24(26-14-13-18-7-8-19-4-1-2-5-20(19)16-18)6-3-15-30-22-10-11-23-21(17-22)9-12-25(29)27-23/h1-2,4-5,7-8,10-11,16-17H,3,6,9,12-15H2,(H,26,28)(H,27,29). The zero-order chi connectivity index (χ0) is 20.8. The van der Waals surface area contributed by atoms with Gasteiger partial charge in [-0.25, -0.2) is 0 Å². The molecule has 0 atom stereocenters. The molecule has 5 nitrogen and oxygen atoms in total. The molecule has 0 fully saturated rings. The van der Waals surface area contributed by atoms with Crippen LogP contribution in [-0.4, -0.2) is 25.0 Å². The first-order chi connectivity index (χ1) is 14.7. The van der Waals surface area contributed by atoms with Gasteiger partial charge in [0.15, 0.2) is 0 Å². The number of rotatable bonds is 8. The smallest absolute Gasteiger partial charge is 0.224 e. The van der Waals surface area contributed by atoms with Crippen LogP contribution in [0.1, 0.15) is 30.4 Å². The van der Waals surface area contributed by atoms with E-state index in [-0.39, 0.29) is 11.8 Å². The second-order valence-electron chi connectivity index (χ2n) is 7.60. The molecule has 5 heteroatoms. The van der Waals surface area contributed by atoms with Gasteiger partial charge in [-0.1, -0.05) is 42.5 Å². The van der Waals surface area contributed by atoms with E-state index in [2.05, 4.69) is 41.0 Å². The van der Waals surface area contributed by atoms with Crippen molar-refractivity contribution in [3.63, 3.8) is 0 Å². The van der Waals surface area contributed by atoms with Crippen molar-refractivity contribution in [2.24, 2.45) is 0 Å². The fourth-order valence-corrected chi connectivity index (χ4v) is 3.70. The average molecular weight is 402 g/mol. The lowest BCUT2D eigenvalue weighted by Gasteiger charge is -2.17. The average Bonchev–Trinajstić information content (AvgIpc) is 2.76. The van der Waals surface area contributed by atoms with Crippen LogP contribution in [0.3, 0.4) is 0 Å². The van der Waals surface area contributed by atoms with Gasteiger partial charge in [0.1, 0.15) is 5.75 Å². The van der Waals surface area contributed by atoms with Crippen molar-refractivity contribution in [1.82, 2.24) is 5.32 Å². The van der Waals surface area contributed by atoms with Crippen LogP contribution in [0.5, 0.6) is 5.75 Å². The van der Waals surface area contributed by atoms with Crippen LogP contribution in [-0.2, 0) is 22.4 Å². The summed E-state index contributed by atoms with van der Waals surface area (Å²) in [4.78, 5) is 23.5. The van der Waals surface area contributed by atoms with E-state index < -0.39 is 0 Å². The highest BCUT2D eigenvalue weighted by atomic mass is 16.5. The van der Waals surface area contributed by atoms with Crippen LogP contribution in [0, 0.1) is 0 Å². The maximum absolute atomic E-state index is 12.1. The fourth-order valence-electron chi connectivity index (χ4n) is 3.70. The van der Waals surface area contributed by atoms with Gasteiger partial charge < -0.3 is 15.4 Å². The minimum absolute atomic E-state index is 0.0487. The molecule has 0 saturated heterocycles. The van der Waals surface area contributed by atoms with Crippen molar-refractivity contribution < 1.29 is 14.3 Å². The molecule has 30 heavy (non-hydrogen) atoms. The lowest BCUT2D eigenvalue weighted by atomic mass is 10.0. The molecule has 0 aliphatic carbocycles. The Morgan fingerprint density at radius 3 is 2.77 bits per heavy atom. The van der Waals surface area contributed by atoms with Gasteiger partial charge in [0.25, 0.3) is 0 Å². The summed E-state index contributed by atoms with van der Waals surface area (Å²) in [5.74, 6) is 0.886. The number of benzene rings is 3. The molecular weight excluding hydrogens is 376 g/mol. The van der Waals surface area contributed by atoms with Crippen LogP contribution >= 0.6 is 0 Å². The minimum Gasteiger partial charge on any atom is -0.494 e. The first-order valence-electron chi connectivity index (χ1n) is 10.5. The summed E-state index contributed by atoms with van der Waals surface area (Å²) >= 11 is 0. The summed E-state index contributed by atoms with van der Waals surface area (Å²) in [6, 6.07) is 20.4. The molecule has 0 bridgehead atoms. The van der Waals surface area contributed by atoms with E-state index in [0.717, 1.165) is 29.8 Å². The Morgan fingerprint density at radius 2 is 1.87 bits per heavy atom. The van der Waals surface area contributed by atoms with Gasteiger partial charge in [0.2, 0.25) is 11.8 Å². The van der Waals surface area contributed by atoms with Crippen LogP contribution in [0.4, 0.5) is 5.69 Å². The maximum Gasteiger partial charge on any atom is 0.224 e. The first kappa shape index (κ1) is 20.0. The zero-order valence-corrected chi connectivity index (χ0v) is 16.9. The second kappa shape index (κ2) is 9.44. The minimum atomic E-state index is 0.0487. The Bertz CT molecular complexity index is 1060. The van der Waals surface area contributed by atoms with Crippen molar-refractivity contribution in [2.75, 3.05) is 18.5 Å². The number of carbonyl (C=O) groups excluding carboxylic acids is 2. The molecule has 2 N–H and O–H groups in total. The number of fused-ring (bicyclic) bond motifs is 2. The molecule has 4 rings (SSSR count). The summed E-state index contributed by atoms with van der Waals surface area (Å²) in [6.45, 7) is 1.12. The molecule has 0 saturated carbocycles. The lowest BCUT2D eigenvalue weighted by molar-refractivity contribution is -0.121. The Labute approximate surface area is 176 Å². The first-order valence-corrected chi connectivity index (χ1v) is 10.5. The highest BCUT2D eigenvalue weighted by molar-refractivity contribution is 5.94. The van der Waals surface area contributed by atoms with E-state index in [9.17, 15) is 9.59 Å². The number of hydrogen-bond donors (Lipinski definition) is 2. The third kappa shape index (κ3) is 5.17. The maximum atomic E-state index is 12.1. The molecule has 2 amide bonds. The predicted molar refractivity (Wildman–Crippen MR) is 119 cm³/mol. The summed E-state index contributed by atoms with van der Waals surface area (Å²) in [5.41, 5.74) is 3.18. The Morgan fingerprint density at radius 1 is 1.00 bits per heavy atom. The number of ether oxygens (including phenoxy) is 1. The van der Waals surface area contributed by atoms with E-state index >= 15 is 0 Å². The molecule has 1 aliphatic heterocycles. The van der Waals surface area contributed by atoms with Gasteiger partial charge >= 0.3 is 0 Å². The van der Waals surface area contributed by atoms with Crippen LogP contribution in [0.15, 0.2) is 60.7 Å². The summed E-state index contributed by atoms with van der Waals surface area (Å²) in [7, 11) is 0. The predicted octanol–water partition coefficient (Wildman–Crippen LogP) is 4.24. The van der Waals surface area contributed by atoms with E-state index in [1.807, 2.05) is 30.3 Å². The van der Waals surface area contributed by atoms with Crippen molar-refractivity contribution in [1.29, 1.82) is 0 Å². The van der Waals surface area contributed by atoms with Crippen LogP contribution < -0.4 is 15.4 Å². The normalized spacial score (nSPS) is 12.9. The molecular formula is C25H26N2O3. The molecule has 1 heterocycles. The molecule has 0 unspecified atom stereocenters. The van der Waals surface area contributed by atoms with Gasteiger partial charge in [0.05, 0.1) is 6.61 Å². The third-order valence-corrected chi connectivity index (χ3v) is 5.34. The molecule has 1 aliphatic rings. The second-order valence-corrected chi connectivity index (χ2v) is 7.60. The van der Waals surface area contributed by atoms with Gasteiger partial charge in [-0.05, 0) is 59.4 Å². The molecule has 3 aromatic carbocycles. The van der Waals surface area contributed by atoms with Crippen molar-refractivity contribution >= 4 is 28.3 Å². The number of aryl methyl sites for hydroxylation is 1. The lowest BCUT2D eigenvalue weighted by Crippen LogP contribution is -2.25. The Balaban J connectivity index is 1.15. The van der Waals surface area contributed by atoms with E-state index in [1.165, 1.54) is 16.3 Å². The Hall–Kier alpha value is -3.34. The Kier molecular flexibility index (Phi) is 6.28. The highest BCUT2D eigenvalue weighted by Crippen LogP contribution is 2.26. The molecule has 0 radical (unpaired) electrons. The molecule has 0 spiro atoms. The number of hydrogen-bond acceptors (Lipinski definition) is 3. The summed E-state index contributed by atoms with van der Waals surface area (Å²) in [6.07, 6.45) is 3.17. The molecule has 3 aromatic rings. The number of anilines is 1. The SMILES string of the molecule is O=C(CCCOc1ccc2c(c1)CCC(=O)N2)NCCc1ccc2ccccc2c1. The van der Waals surface area contributed by atoms with Gasteiger partial charge in [0, 0.05) is 25.1 Å². The third-order valence-electron chi connectivity index (χ3n) is 5.34. The molecule has 0 aromatic heterocycles. The van der Waals surface area contributed by atoms with E-state index in [4.69, 9.17) is 4.74 Å². The monoisotopic (exact) mass is 402 g/mol. The number of carbonyl (C=O) groups is 2. The summed E-state index contributed by atoms with van der Waals surface area (Å²) in [5, 5.41) is 8.31. The van der Waals surface area contributed by atoms with Crippen molar-refractivity contribution in [3.8, 4) is 5.75 Å². The largest absolute Gasteiger partial charge is 0.494 e. The highest BCUT2D eigenvalue weighted by Gasteiger charge is 2.15. The van der Waals surface area contributed by atoms with Gasteiger partial charge in [-0.3, -0.25) is 9.59 Å². The van der Waals surface area contributed by atoms with Crippen LogP contribution in [0.25, 0.3) is 10.8 Å². The zero-order valence-electron chi connectivity index (χ0n) is 16.9. The van der Waals surface area contributed by atoms with E-state index in [0.29, 0.717) is 32.4 Å².